The maximum Gasteiger partial charge on any atom is 0.191 e. The zero-order valence-electron chi connectivity index (χ0n) is 8.64. The van der Waals surface area contributed by atoms with Crippen molar-refractivity contribution in [3.63, 3.8) is 0 Å². The molecule has 0 atom stereocenters. The molecule has 6 heteroatoms. The van der Waals surface area contributed by atoms with Crippen molar-refractivity contribution >= 4 is 9.84 Å². The van der Waals surface area contributed by atoms with Crippen LogP contribution in [0.4, 0.5) is 0 Å². The third-order valence-corrected chi connectivity index (χ3v) is 4.09. The molecule has 0 aromatic carbocycles. The van der Waals surface area contributed by atoms with Crippen molar-refractivity contribution in [1.82, 2.24) is 9.88 Å². The Hall–Kier alpha value is -0.880. The molecule has 2 rings (SSSR count). The molecule has 1 aromatic heterocycles. The van der Waals surface area contributed by atoms with Gasteiger partial charge in [-0.2, -0.15) is 0 Å². The Balaban J connectivity index is 1.92. The number of rotatable bonds is 2. The van der Waals surface area contributed by atoms with Crippen molar-refractivity contribution in [2.45, 2.75) is 13.5 Å². The number of aryl methyl sites for hydroxylation is 1. The van der Waals surface area contributed by atoms with Gasteiger partial charge in [-0.15, -0.1) is 0 Å². The Labute approximate surface area is 89.0 Å². The summed E-state index contributed by atoms with van der Waals surface area (Å²) in [5, 5.41) is 0. The molecule has 0 saturated carbocycles. The first-order valence-electron chi connectivity index (χ1n) is 4.89. The Bertz CT molecular complexity index is 424. The largest absolute Gasteiger partial charge is 0.445 e. The summed E-state index contributed by atoms with van der Waals surface area (Å²) in [6.07, 6.45) is 1.69. The van der Waals surface area contributed by atoms with Gasteiger partial charge in [0.15, 0.2) is 15.7 Å². The van der Waals surface area contributed by atoms with E-state index in [4.69, 9.17) is 4.42 Å². The second kappa shape index (κ2) is 3.94. The van der Waals surface area contributed by atoms with E-state index >= 15 is 0 Å². The minimum atomic E-state index is -2.79. The van der Waals surface area contributed by atoms with Gasteiger partial charge in [0.1, 0.15) is 5.76 Å². The zero-order valence-corrected chi connectivity index (χ0v) is 9.46. The molecule has 0 aliphatic carbocycles. The van der Waals surface area contributed by atoms with E-state index in [0.717, 1.165) is 5.76 Å². The summed E-state index contributed by atoms with van der Waals surface area (Å²) in [5.41, 5.74) is 0. The Morgan fingerprint density at radius 1 is 1.47 bits per heavy atom. The highest BCUT2D eigenvalue weighted by molar-refractivity contribution is 7.91. The normalized spacial score (nSPS) is 21.7. The minimum Gasteiger partial charge on any atom is -0.445 e. The molecule has 1 fully saturated rings. The average Bonchev–Trinajstić information content (AvgIpc) is 2.55. The molecule has 84 valence electrons. The third-order valence-electron chi connectivity index (χ3n) is 2.49. The lowest BCUT2D eigenvalue weighted by molar-refractivity contribution is 0.260. The lowest BCUT2D eigenvalue weighted by Crippen LogP contribution is -2.39. The molecule has 0 unspecified atom stereocenters. The summed E-state index contributed by atoms with van der Waals surface area (Å²) < 4.78 is 27.7. The van der Waals surface area contributed by atoms with Gasteiger partial charge in [-0.25, -0.2) is 13.4 Å². The quantitative estimate of drug-likeness (QED) is 0.727. The first-order chi connectivity index (χ1) is 7.05. The molecule has 1 aliphatic rings. The zero-order chi connectivity index (χ0) is 10.9. The summed E-state index contributed by atoms with van der Waals surface area (Å²) in [6.45, 7) is 3.62. The maximum atomic E-state index is 11.2. The van der Waals surface area contributed by atoms with Gasteiger partial charge in [0.05, 0.1) is 24.2 Å². The molecular weight excluding hydrogens is 216 g/mol. The van der Waals surface area contributed by atoms with Gasteiger partial charge in [-0.1, -0.05) is 0 Å². The van der Waals surface area contributed by atoms with E-state index in [1.54, 1.807) is 13.1 Å². The van der Waals surface area contributed by atoms with E-state index in [1.165, 1.54) is 0 Å². The van der Waals surface area contributed by atoms with Crippen molar-refractivity contribution < 1.29 is 12.8 Å². The molecule has 1 aromatic rings. The molecule has 0 spiro atoms. The molecule has 2 heterocycles. The Morgan fingerprint density at radius 2 is 2.13 bits per heavy atom. The Morgan fingerprint density at radius 3 is 2.67 bits per heavy atom. The number of oxazole rings is 1. The van der Waals surface area contributed by atoms with Crippen molar-refractivity contribution in [2.24, 2.45) is 0 Å². The molecule has 0 radical (unpaired) electrons. The second-order valence-corrected chi connectivity index (χ2v) is 6.08. The second-order valence-electron chi connectivity index (χ2n) is 3.77. The average molecular weight is 230 g/mol. The topological polar surface area (TPSA) is 63.4 Å². The van der Waals surface area contributed by atoms with Gasteiger partial charge in [-0.05, 0) is 0 Å². The molecule has 0 bridgehead atoms. The molecule has 1 aliphatic heterocycles. The van der Waals surface area contributed by atoms with Crippen LogP contribution in [0.3, 0.4) is 0 Å². The van der Waals surface area contributed by atoms with Crippen LogP contribution in [-0.2, 0) is 16.4 Å². The third kappa shape index (κ3) is 2.79. The number of sulfone groups is 1. The summed E-state index contributed by atoms with van der Waals surface area (Å²) >= 11 is 0. The standard InChI is InChI=1S/C9H14N2O3S/c1-8-10-6-9(14-8)7-11-2-4-15(12,13)5-3-11/h6H,2-5,7H2,1H3. The van der Waals surface area contributed by atoms with Crippen LogP contribution < -0.4 is 0 Å². The molecule has 0 amide bonds. The summed E-state index contributed by atoms with van der Waals surface area (Å²) in [6, 6.07) is 0. The number of hydrogen-bond donors (Lipinski definition) is 0. The fourth-order valence-electron chi connectivity index (χ4n) is 1.61. The van der Waals surface area contributed by atoms with E-state index in [-0.39, 0.29) is 11.5 Å². The van der Waals surface area contributed by atoms with Gasteiger partial charge >= 0.3 is 0 Å². The van der Waals surface area contributed by atoms with Gasteiger partial charge in [-0.3, -0.25) is 4.90 Å². The van der Waals surface area contributed by atoms with Gasteiger partial charge in [0.25, 0.3) is 0 Å². The highest BCUT2D eigenvalue weighted by atomic mass is 32.2. The van der Waals surface area contributed by atoms with E-state index in [1.807, 2.05) is 0 Å². The smallest absolute Gasteiger partial charge is 0.191 e. The van der Waals surface area contributed by atoms with E-state index in [0.29, 0.717) is 25.5 Å². The Kier molecular flexibility index (Phi) is 2.79. The predicted molar refractivity (Wildman–Crippen MR) is 55.2 cm³/mol. The van der Waals surface area contributed by atoms with Crippen LogP contribution in [-0.4, -0.2) is 42.9 Å². The predicted octanol–water partition coefficient (Wildman–Crippen LogP) is 0.213. The molecule has 5 nitrogen and oxygen atoms in total. The van der Waals surface area contributed by atoms with Gasteiger partial charge in [0.2, 0.25) is 0 Å². The van der Waals surface area contributed by atoms with Crippen LogP contribution in [0, 0.1) is 6.92 Å². The summed E-state index contributed by atoms with van der Waals surface area (Å²) in [5.74, 6) is 1.95. The number of aromatic nitrogens is 1. The van der Waals surface area contributed by atoms with Crippen molar-refractivity contribution in [2.75, 3.05) is 24.6 Å². The minimum absolute atomic E-state index is 0.250. The SMILES string of the molecule is Cc1ncc(CN2CCS(=O)(=O)CC2)o1. The van der Waals surface area contributed by atoms with Crippen LogP contribution in [0.2, 0.25) is 0 Å². The van der Waals surface area contributed by atoms with Crippen LogP contribution >= 0.6 is 0 Å². The van der Waals surface area contributed by atoms with Crippen molar-refractivity contribution in [1.29, 1.82) is 0 Å². The number of nitrogens with zero attached hydrogens (tertiary/aromatic N) is 2. The fourth-order valence-corrected chi connectivity index (χ4v) is 2.88. The summed E-state index contributed by atoms with van der Waals surface area (Å²) in [7, 11) is -2.79. The van der Waals surface area contributed by atoms with E-state index in [2.05, 4.69) is 9.88 Å². The molecule has 0 N–H and O–H groups in total. The van der Waals surface area contributed by atoms with Crippen LogP contribution in [0.5, 0.6) is 0 Å². The lowest BCUT2D eigenvalue weighted by atomic mass is 10.4. The monoisotopic (exact) mass is 230 g/mol. The highest BCUT2D eigenvalue weighted by Crippen LogP contribution is 2.10. The fraction of sp³-hybridized carbons (Fsp3) is 0.667. The maximum absolute atomic E-state index is 11.2. The van der Waals surface area contributed by atoms with Gasteiger partial charge in [0, 0.05) is 20.0 Å². The summed E-state index contributed by atoms with van der Waals surface area (Å²) in [4.78, 5) is 6.07. The van der Waals surface area contributed by atoms with Crippen LogP contribution in [0.15, 0.2) is 10.6 Å². The van der Waals surface area contributed by atoms with Crippen LogP contribution in [0.1, 0.15) is 11.7 Å². The first kappa shape index (κ1) is 10.6. The number of hydrogen-bond acceptors (Lipinski definition) is 5. The van der Waals surface area contributed by atoms with E-state index < -0.39 is 9.84 Å². The van der Waals surface area contributed by atoms with Crippen molar-refractivity contribution in [3.05, 3.63) is 17.8 Å². The van der Waals surface area contributed by atoms with Gasteiger partial charge < -0.3 is 4.42 Å². The van der Waals surface area contributed by atoms with Crippen molar-refractivity contribution in [3.8, 4) is 0 Å². The lowest BCUT2D eigenvalue weighted by Gasteiger charge is -2.25. The highest BCUT2D eigenvalue weighted by Gasteiger charge is 2.22. The molecule has 1 saturated heterocycles. The molecule has 15 heavy (non-hydrogen) atoms. The first-order valence-corrected chi connectivity index (χ1v) is 6.71. The van der Waals surface area contributed by atoms with Crippen LogP contribution in [0.25, 0.3) is 0 Å². The molecular formula is C9H14N2O3S. The van der Waals surface area contributed by atoms with E-state index in [9.17, 15) is 8.42 Å².